The zero-order valence-corrected chi connectivity index (χ0v) is 15.0. The number of carbonyl (C=O) groups is 3. The molecule has 6 unspecified atom stereocenters. The summed E-state index contributed by atoms with van der Waals surface area (Å²) < 4.78 is 67.6. The van der Waals surface area contributed by atoms with Crippen molar-refractivity contribution in [3.63, 3.8) is 0 Å². The monoisotopic (exact) mass is 407 g/mol. The van der Waals surface area contributed by atoms with Crippen molar-refractivity contribution in [2.24, 2.45) is 29.6 Å². The fourth-order valence-corrected chi connectivity index (χ4v) is 4.71. The van der Waals surface area contributed by atoms with Gasteiger partial charge in [0.1, 0.15) is 6.10 Å². The maximum atomic E-state index is 13.2. The second kappa shape index (κ2) is 6.33. The highest BCUT2D eigenvalue weighted by Crippen LogP contribution is 2.61. The highest BCUT2D eigenvalue weighted by atomic mass is 32.2. The van der Waals surface area contributed by atoms with E-state index in [4.69, 9.17) is 4.74 Å². The van der Waals surface area contributed by atoms with Gasteiger partial charge in [-0.1, -0.05) is 6.58 Å². The number of hydrogen-bond donors (Lipinski definition) is 0. The van der Waals surface area contributed by atoms with Gasteiger partial charge in [0.2, 0.25) is 0 Å². The van der Waals surface area contributed by atoms with E-state index in [1.54, 1.807) is 0 Å². The number of halogens is 2. The summed E-state index contributed by atoms with van der Waals surface area (Å²) in [5, 5.41) is -4.76. The molecule has 6 atom stereocenters. The van der Waals surface area contributed by atoms with Crippen LogP contribution in [0.25, 0.3) is 0 Å². The second-order valence-corrected chi connectivity index (χ2v) is 8.79. The number of rotatable bonds is 7. The van der Waals surface area contributed by atoms with E-state index in [1.165, 1.54) is 6.92 Å². The van der Waals surface area contributed by atoms with Crippen LogP contribution >= 0.6 is 0 Å². The minimum Gasteiger partial charge on any atom is -0.743 e. The Balaban J connectivity index is 1.77. The Labute approximate surface area is 153 Å². The van der Waals surface area contributed by atoms with Gasteiger partial charge in [0, 0.05) is 12.3 Å². The molecule has 27 heavy (non-hydrogen) atoms. The Hall–Kier alpha value is -1.88. The highest BCUT2D eigenvalue weighted by molar-refractivity contribution is 7.86. The Morgan fingerprint density at radius 1 is 1.37 bits per heavy atom. The van der Waals surface area contributed by atoms with Crippen LogP contribution in [0.4, 0.5) is 8.78 Å². The van der Waals surface area contributed by atoms with E-state index in [1.807, 2.05) is 0 Å². The third-order valence-electron chi connectivity index (χ3n) is 5.70. The van der Waals surface area contributed by atoms with Crippen LogP contribution in [-0.2, 0) is 34.0 Å². The van der Waals surface area contributed by atoms with Crippen molar-refractivity contribution < 1.29 is 45.6 Å². The SMILES string of the molecule is C=C(C)C(=O)CC1C2CC3C(OC(=O)C13)C2C(=O)OCC(F)(F)S(=O)(=O)[O-]. The molecule has 1 saturated heterocycles. The summed E-state index contributed by atoms with van der Waals surface area (Å²) >= 11 is 0. The zero-order valence-electron chi connectivity index (χ0n) is 14.2. The average molecular weight is 407 g/mol. The first-order valence-electron chi connectivity index (χ1n) is 8.24. The first kappa shape index (κ1) is 19.9. The van der Waals surface area contributed by atoms with Crippen LogP contribution < -0.4 is 0 Å². The van der Waals surface area contributed by atoms with Gasteiger partial charge in [-0.2, -0.15) is 8.78 Å². The number of ketones is 1. The van der Waals surface area contributed by atoms with E-state index >= 15 is 0 Å². The van der Waals surface area contributed by atoms with Gasteiger partial charge in [0.15, 0.2) is 22.5 Å². The van der Waals surface area contributed by atoms with Gasteiger partial charge in [-0.3, -0.25) is 14.4 Å². The van der Waals surface area contributed by atoms with Crippen molar-refractivity contribution in [3.05, 3.63) is 12.2 Å². The third kappa shape index (κ3) is 3.16. The zero-order chi connectivity index (χ0) is 20.3. The van der Waals surface area contributed by atoms with E-state index in [9.17, 15) is 36.1 Å². The van der Waals surface area contributed by atoms with Crippen LogP contribution in [0.5, 0.6) is 0 Å². The molecule has 150 valence electrons. The number of carbonyl (C=O) groups excluding carboxylic acids is 3. The quantitative estimate of drug-likeness (QED) is 0.342. The largest absolute Gasteiger partial charge is 0.743 e. The van der Waals surface area contributed by atoms with Crippen molar-refractivity contribution in [2.75, 3.05) is 6.61 Å². The number of allylic oxidation sites excluding steroid dienone is 1. The Morgan fingerprint density at radius 3 is 2.56 bits per heavy atom. The van der Waals surface area contributed by atoms with E-state index in [-0.39, 0.29) is 18.1 Å². The molecule has 0 amide bonds. The van der Waals surface area contributed by atoms with E-state index in [2.05, 4.69) is 11.3 Å². The summed E-state index contributed by atoms with van der Waals surface area (Å²) in [7, 11) is -5.99. The van der Waals surface area contributed by atoms with Crippen LogP contribution in [0.2, 0.25) is 0 Å². The molecule has 2 bridgehead atoms. The average Bonchev–Trinajstić information content (AvgIpc) is 3.13. The van der Waals surface area contributed by atoms with Crippen LogP contribution in [0.1, 0.15) is 19.8 Å². The molecule has 1 heterocycles. The Bertz CT molecular complexity index is 820. The Kier molecular flexibility index (Phi) is 4.66. The van der Waals surface area contributed by atoms with Gasteiger partial charge in [0.05, 0.1) is 11.8 Å². The predicted molar refractivity (Wildman–Crippen MR) is 82.0 cm³/mol. The lowest BCUT2D eigenvalue weighted by atomic mass is 9.72. The molecule has 3 aliphatic rings. The standard InChI is InChI=1S/C16H18F2O8S/c1-6(2)10(19)4-8-7-3-9-11(8)15(21)26-13(9)12(7)14(20)25-5-16(17,18)27(22,23)24/h7-9,11-13H,1,3-5H2,2H3,(H,22,23,24)/p-1. The molecule has 2 aliphatic carbocycles. The van der Waals surface area contributed by atoms with Gasteiger partial charge in [0.25, 0.3) is 0 Å². The van der Waals surface area contributed by atoms with Crippen molar-refractivity contribution in [3.8, 4) is 0 Å². The lowest BCUT2D eigenvalue weighted by molar-refractivity contribution is -0.162. The summed E-state index contributed by atoms with van der Waals surface area (Å²) in [5.41, 5.74) is 0.292. The molecule has 11 heteroatoms. The van der Waals surface area contributed by atoms with Gasteiger partial charge in [-0.25, -0.2) is 8.42 Å². The second-order valence-electron chi connectivity index (χ2n) is 7.29. The number of ether oxygens (including phenoxy) is 2. The van der Waals surface area contributed by atoms with E-state index < -0.39 is 63.7 Å². The van der Waals surface area contributed by atoms with Gasteiger partial charge >= 0.3 is 17.2 Å². The molecule has 2 saturated carbocycles. The normalized spacial score (nSPS) is 34.4. The van der Waals surface area contributed by atoms with Crippen molar-refractivity contribution >= 4 is 27.8 Å². The van der Waals surface area contributed by atoms with Gasteiger partial charge in [-0.05, 0) is 30.8 Å². The van der Waals surface area contributed by atoms with Crippen molar-refractivity contribution in [1.82, 2.24) is 0 Å². The third-order valence-corrected chi connectivity index (χ3v) is 6.55. The summed E-state index contributed by atoms with van der Waals surface area (Å²) in [6, 6.07) is 0. The molecule has 3 fully saturated rings. The number of fused-ring (bicyclic) bond motifs is 1. The fourth-order valence-electron chi connectivity index (χ4n) is 4.50. The van der Waals surface area contributed by atoms with E-state index in [0.717, 1.165) is 0 Å². The van der Waals surface area contributed by atoms with E-state index in [0.29, 0.717) is 12.0 Å². The summed E-state index contributed by atoms with van der Waals surface area (Å²) in [4.78, 5) is 36.5. The molecule has 3 rings (SSSR count). The van der Waals surface area contributed by atoms with Gasteiger partial charge < -0.3 is 14.0 Å². The van der Waals surface area contributed by atoms with Crippen LogP contribution in [0.3, 0.4) is 0 Å². The summed E-state index contributed by atoms with van der Waals surface area (Å²) in [5.74, 6) is -4.95. The number of hydrogen-bond acceptors (Lipinski definition) is 8. The maximum Gasteiger partial charge on any atom is 0.367 e. The predicted octanol–water partition coefficient (Wildman–Crippen LogP) is 0.627. The van der Waals surface area contributed by atoms with Gasteiger partial charge in [-0.15, -0.1) is 0 Å². The fraction of sp³-hybridized carbons (Fsp3) is 0.688. The minimum atomic E-state index is -5.99. The van der Waals surface area contributed by atoms with Crippen LogP contribution in [-0.4, -0.2) is 48.7 Å². The molecule has 0 radical (unpaired) electrons. The van der Waals surface area contributed by atoms with Crippen LogP contribution in [0.15, 0.2) is 12.2 Å². The van der Waals surface area contributed by atoms with Crippen molar-refractivity contribution in [1.29, 1.82) is 0 Å². The molecule has 8 nitrogen and oxygen atoms in total. The number of Topliss-reactive ketones (excluding diaryl/α,β-unsaturated/α-hetero) is 1. The first-order valence-corrected chi connectivity index (χ1v) is 9.65. The molecule has 0 N–H and O–H groups in total. The molecular formula is C16H17F2O8S-. The smallest absolute Gasteiger partial charge is 0.367 e. The molecule has 0 aromatic carbocycles. The molecular weight excluding hydrogens is 390 g/mol. The Morgan fingerprint density at radius 2 is 2.00 bits per heavy atom. The molecule has 0 spiro atoms. The highest BCUT2D eigenvalue weighted by Gasteiger charge is 2.68. The molecule has 0 aromatic rings. The molecule has 0 aromatic heterocycles. The van der Waals surface area contributed by atoms with Crippen LogP contribution in [0, 0.1) is 29.6 Å². The maximum absolute atomic E-state index is 13.2. The first-order chi connectivity index (χ1) is 12.3. The number of alkyl halides is 2. The van der Waals surface area contributed by atoms with Crippen molar-refractivity contribution in [2.45, 2.75) is 31.1 Å². The topological polar surface area (TPSA) is 127 Å². The lowest BCUT2D eigenvalue weighted by Crippen LogP contribution is -2.42. The molecule has 1 aliphatic heterocycles. The summed E-state index contributed by atoms with van der Waals surface area (Å²) in [6.45, 7) is 3.15. The minimum absolute atomic E-state index is 0.0299. The number of esters is 2. The summed E-state index contributed by atoms with van der Waals surface area (Å²) in [6.07, 6.45) is -0.489. The lowest BCUT2D eigenvalue weighted by Gasteiger charge is -2.30.